The molecular weight excluding hydrogens is 376 g/mol. The zero-order chi connectivity index (χ0) is 20.5. The summed E-state index contributed by atoms with van der Waals surface area (Å²) in [6.45, 7) is 7.33. The Kier molecular flexibility index (Phi) is 4.46. The van der Waals surface area contributed by atoms with Crippen LogP contribution in [0, 0.1) is 28.6 Å². The SMILES string of the molecule is CC(=O)O[C@]1(C(C)=O)CC[C@H]2[C@@H]3C=C(Cl)C4=CC(=O)CC[C@]4(C)[C@@H]3CC[C@@]21C. The van der Waals surface area contributed by atoms with Gasteiger partial charge in [0.1, 0.15) is 0 Å². The van der Waals surface area contributed by atoms with E-state index in [2.05, 4.69) is 19.9 Å². The van der Waals surface area contributed by atoms with Gasteiger partial charge in [0.05, 0.1) is 0 Å². The molecule has 6 atom stereocenters. The van der Waals surface area contributed by atoms with Gasteiger partial charge in [-0.15, -0.1) is 0 Å². The molecule has 0 saturated heterocycles. The van der Waals surface area contributed by atoms with Crippen molar-refractivity contribution in [3.05, 3.63) is 22.8 Å². The number of carbonyl (C=O) groups excluding carboxylic acids is 3. The van der Waals surface area contributed by atoms with E-state index in [1.807, 2.05) is 0 Å². The summed E-state index contributed by atoms with van der Waals surface area (Å²) in [5, 5.41) is 0.689. The van der Waals surface area contributed by atoms with E-state index in [9.17, 15) is 14.4 Å². The number of ketones is 2. The Hall–Kier alpha value is -1.42. The molecule has 2 fully saturated rings. The van der Waals surface area contributed by atoms with Crippen molar-refractivity contribution in [2.45, 2.75) is 71.8 Å². The Bertz CT molecular complexity index is 826. The monoisotopic (exact) mass is 404 g/mol. The van der Waals surface area contributed by atoms with Crippen molar-refractivity contribution in [3.63, 3.8) is 0 Å². The fraction of sp³-hybridized carbons (Fsp3) is 0.696. The van der Waals surface area contributed by atoms with Crippen LogP contribution in [0.15, 0.2) is 22.8 Å². The van der Waals surface area contributed by atoms with Crippen LogP contribution in [0.4, 0.5) is 0 Å². The van der Waals surface area contributed by atoms with Crippen LogP contribution in [0.2, 0.25) is 0 Å². The number of hydrogen-bond acceptors (Lipinski definition) is 4. The molecule has 0 amide bonds. The van der Waals surface area contributed by atoms with E-state index in [4.69, 9.17) is 16.3 Å². The fourth-order valence-electron chi connectivity index (χ4n) is 7.13. The third kappa shape index (κ3) is 2.46. The Morgan fingerprint density at radius 1 is 1.11 bits per heavy atom. The van der Waals surface area contributed by atoms with E-state index in [0.717, 1.165) is 31.3 Å². The molecule has 4 aliphatic carbocycles. The first-order valence-corrected chi connectivity index (χ1v) is 10.8. The highest BCUT2D eigenvalue weighted by atomic mass is 35.5. The van der Waals surface area contributed by atoms with Crippen LogP contribution in [0.1, 0.15) is 66.2 Å². The van der Waals surface area contributed by atoms with Gasteiger partial charge in [-0.3, -0.25) is 14.4 Å². The molecule has 0 spiro atoms. The number of allylic oxidation sites excluding steroid dienone is 4. The summed E-state index contributed by atoms with van der Waals surface area (Å²) >= 11 is 6.71. The molecule has 0 N–H and O–H groups in total. The molecule has 4 rings (SSSR count). The minimum atomic E-state index is -1.03. The number of ether oxygens (including phenoxy) is 1. The third-order valence-corrected chi connectivity index (χ3v) is 8.89. The molecule has 0 unspecified atom stereocenters. The molecule has 0 bridgehead atoms. The van der Waals surface area contributed by atoms with E-state index in [-0.39, 0.29) is 40.2 Å². The quantitative estimate of drug-likeness (QED) is 0.623. The van der Waals surface area contributed by atoms with E-state index in [0.29, 0.717) is 23.8 Å². The molecular formula is C23H29ClO4. The van der Waals surface area contributed by atoms with Gasteiger partial charge >= 0.3 is 5.97 Å². The number of fused-ring (bicyclic) bond motifs is 5. The summed E-state index contributed by atoms with van der Waals surface area (Å²) in [5.41, 5.74) is -0.532. The van der Waals surface area contributed by atoms with Gasteiger partial charge in [0.25, 0.3) is 0 Å². The summed E-state index contributed by atoms with van der Waals surface area (Å²) < 4.78 is 5.79. The van der Waals surface area contributed by atoms with Crippen LogP contribution < -0.4 is 0 Å². The van der Waals surface area contributed by atoms with Gasteiger partial charge in [-0.2, -0.15) is 0 Å². The summed E-state index contributed by atoms with van der Waals surface area (Å²) in [6.07, 6.45) is 8.48. The van der Waals surface area contributed by atoms with Crippen molar-refractivity contribution in [2.75, 3.05) is 0 Å². The van der Waals surface area contributed by atoms with Crippen molar-refractivity contribution < 1.29 is 19.1 Å². The van der Waals surface area contributed by atoms with Crippen LogP contribution in [0.3, 0.4) is 0 Å². The lowest BCUT2D eigenvalue weighted by Crippen LogP contribution is -2.58. The zero-order valence-corrected chi connectivity index (χ0v) is 17.9. The average molecular weight is 405 g/mol. The first-order valence-electron chi connectivity index (χ1n) is 10.4. The topological polar surface area (TPSA) is 60.4 Å². The maximum atomic E-state index is 12.7. The Morgan fingerprint density at radius 2 is 1.79 bits per heavy atom. The number of esters is 1. The highest BCUT2D eigenvalue weighted by molar-refractivity contribution is 6.32. The Labute approximate surface area is 171 Å². The van der Waals surface area contributed by atoms with Gasteiger partial charge < -0.3 is 4.74 Å². The summed E-state index contributed by atoms with van der Waals surface area (Å²) in [4.78, 5) is 36.6. The Morgan fingerprint density at radius 3 is 2.43 bits per heavy atom. The Balaban J connectivity index is 1.79. The molecule has 2 saturated carbocycles. The minimum absolute atomic E-state index is 0.0490. The van der Waals surface area contributed by atoms with E-state index >= 15 is 0 Å². The number of hydrogen-bond donors (Lipinski definition) is 0. The molecule has 5 heteroatoms. The van der Waals surface area contributed by atoms with Crippen molar-refractivity contribution in [1.82, 2.24) is 0 Å². The third-order valence-electron chi connectivity index (χ3n) is 8.56. The number of carbonyl (C=O) groups is 3. The fourth-order valence-corrected chi connectivity index (χ4v) is 7.55. The maximum Gasteiger partial charge on any atom is 0.303 e. The molecule has 28 heavy (non-hydrogen) atoms. The largest absolute Gasteiger partial charge is 0.451 e. The highest BCUT2D eigenvalue weighted by Gasteiger charge is 2.67. The maximum absolute atomic E-state index is 12.7. The van der Waals surface area contributed by atoms with Crippen LogP contribution in [-0.2, 0) is 19.1 Å². The van der Waals surface area contributed by atoms with Crippen LogP contribution in [-0.4, -0.2) is 23.1 Å². The van der Waals surface area contributed by atoms with Gasteiger partial charge in [-0.05, 0) is 73.8 Å². The highest BCUT2D eigenvalue weighted by Crippen LogP contribution is 2.68. The van der Waals surface area contributed by atoms with Gasteiger partial charge in [0.15, 0.2) is 17.2 Å². The molecule has 0 aromatic heterocycles. The van der Waals surface area contributed by atoms with Crippen molar-refractivity contribution >= 4 is 29.1 Å². The number of halogens is 1. The number of Topliss-reactive ketones (excluding diaryl/α,β-unsaturated/α-hetero) is 1. The lowest BCUT2D eigenvalue weighted by Gasteiger charge is -2.57. The molecule has 152 valence electrons. The summed E-state index contributed by atoms with van der Waals surface area (Å²) in [5.74, 6) is 0.584. The van der Waals surface area contributed by atoms with Gasteiger partial charge in [-0.1, -0.05) is 31.5 Å². The van der Waals surface area contributed by atoms with Crippen LogP contribution in [0.25, 0.3) is 0 Å². The summed E-state index contributed by atoms with van der Waals surface area (Å²) in [7, 11) is 0. The predicted octanol–water partition coefficient (Wildman–Crippen LogP) is 4.75. The zero-order valence-electron chi connectivity index (χ0n) is 17.1. The molecule has 4 nitrogen and oxygen atoms in total. The molecule has 0 aliphatic heterocycles. The average Bonchev–Trinajstić information content (AvgIpc) is 2.90. The lowest BCUT2D eigenvalue weighted by molar-refractivity contribution is -0.185. The second kappa shape index (κ2) is 6.29. The van der Waals surface area contributed by atoms with Gasteiger partial charge in [0, 0.05) is 23.8 Å². The molecule has 0 heterocycles. The second-order valence-electron chi connectivity index (χ2n) is 9.72. The molecule has 0 aromatic carbocycles. The van der Waals surface area contributed by atoms with E-state index < -0.39 is 5.60 Å². The van der Waals surface area contributed by atoms with Gasteiger partial charge in [-0.25, -0.2) is 0 Å². The van der Waals surface area contributed by atoms with Crippen molar-refractivity contribution in [2.24, 2.45) is 28.6 Å². The predicted molar refractivity (Wildman–Crippen MR) is 107 cm³/mol. The first-order chi connectivity index (χ1) is 13.0. The van der Waals surface area contributed by atoms with Crippen LogP contribution >= 0.6 is 11.6 Å². The summed E-state index contributed by atoms with van der Waals surface area (Å²) in [6, 6.07) is 0. The van der Waals surface area contributed by atoms with Crippen LogP contribution in [0.5, 0.6) is 0 Å². The second-order valence-corrected chi connectivity index (χ2v) is 10.1. The lowest BCUT2D eigenvalue weighted by atomic mass is 9.48. The molecule has 0 aromatic rings. The normalized spacial score (nSPS) is 44.6. The van der Waals surface area contributed by atoms with Gasteiger partial charge in [0.2, 0.25) is 0 Å². The van der Waals surface area contributed by atoms with Crippen molar-refractivity contribution in [1.29, 1.82) is 0 Å². The van der Waals surface area contributed by atoms with E-state index in [1.165, 1.54) is 6.92 Å². The molecule has 0 radical (unpaired) electrons. The minimum Gasteiger partial charge on any atom is -0.451 e. The molecule has 4 aliphatic rings. The smallest absolute Gasteiger partial charge is 0.303 e. The van der Waals surface area contributed by atoms with E-state index in [1.54, 1.807) is 13.0 Å². The first kappa shape index (κ1) is 19.9. The number of rotatable bonds is 2. The van der Waals surface area contributed by atoms with Crippen molar-refractivity contribution in [3.8, 4) is 0 Å². The standard InChI is InChI=1S/C23H29ClO4/c1-13(25)23(28-14(2)26)10-7-18-16-12-20(24)19-11-15(27)5-8-21(19,3)17(16)6-9-22(18,23)4/h11-12,16-18H,5-10H2,1-4H3/t16-,17-,18+,21-,22+,23+/m1/s1.